The van der Waals surface area contributed by atoms with E-state index in [0.29, 0.717) is 10.6 Å². The van der Waals surface area contributed by atoms with E-state index in [4.69, 9.17) is 16.3 Å². The number of carbonyl (C=O) groups excluding carboxylic acids is 1. The van der Waals surface area contributed by atoms with Crippen LogP contribution in [0.25, 0.3) is 0 Å². The summed E-state index contributed by atoms with van der Waals surface area (Å²) in [5, 5.41) is 10.2. The maximum atomic E-state index is 12.3. The second-order valence-electron chi connectivity index (χ2n) is 4.92. The van der Waals surface area contributed by atoms with E-state index in [9.17, 15) is 14.7 Å². The van der Waals surface area contributed by atoms with Crippen LogP contribution in [0.2, 0.25) is 5.02 Å². The van der Waals surface area contributed by atoms with Gasteiger partial charge in [0.05, 0.1) is 6.61 Å². The molecule has 0 fully saturated rings. The quantitative estimate of drug-likeness (QED) is 0.495. The summed E-state index contributed by atoms with van der Waals surface area (Å²) in [4.78, 5) is 24.2. The van der Waals surface area contributed by atoms with Crippen molar-refractivity contribution in [2.24, 2.45) is 0 Å². The minimum absolute atomic E-state index is 0.0329. The predicted octanol–water partition coefficient (Wildman–Crippen LogP) is 3.58. The van der Waals surface area contributed by atoms with E-state index < -0.39 is 17.4 Å². The fraction of sp³-hybridized carbons (Fsp3) is 0.375. The lowest BCUT2D eigenvalue weighted by molar-refractivity contribution is -0.161. The molecule has 1 rings (SSSR count). The number of ether oxygens (including phenoxy) is 1. The third kappa shape index (κ3) is 3.85. The average molecular weight is 311 g/mol. The third-order valence-corrected chi connectivity index (χ3v) is 3.39. The number of hydrogen-bond acceptors (Lipinski definition) is 3. The summed E-state index contributed by atoms with van der Waals surface area (Å²) in [6.07, 6.45) is 1.75. The standard InChI is InChI=1S/C16H19ClO4/c1-4-21-15(20)16(14(18)19,10-9-11(2)3)12-5-7-13(17)8-6-12/h5-9H,4,10H2,1-3H3,(H,18,19). The molecule has 0 aliphatic carbocycles. The summed E-state index contributed by atoms with van der Waals surface area (Å²) in [5.41, 5.74) is -0.466. The monoisotopic (exact) mass is 310 g/mol. The van der Waals surface area contributed by atoms with E-state index in [2.05, 4.69) is 0 Å². The maximum absolute atomic E-state index is 12.3. The lowest BCUT2D eigenvalue weighted by atomic mass is 9.77. The number of esters is 1. The molecule has 0 spiro atoms. The van der Waals surface area contributed by atoms with E-state index in [-0.39, 0.29) is 13.0 Å². The summed E-state index contributed by atoms with van der Waals surface area (Å²) in [5.74, 6) is -2.00. The van der Waals surface area contributed by atoms with E-state index in [0.717, 1.165) is 5.57 Å². The molecule has 114 valence electrons. The molecule has 1 N–H and O–H groups in total. The first kappa shape index (κ1) is 17.2. The van der Waals surface area contributed by atoms with Crippen LogP contribution in [0.4, 0.5) is 0 Å². The number of halogens is 1. The molecule has 1 unspecified atom stereocenters. The van der Waals surface area contributed by atoms with Crippen molar-refractivity contribution < 1.29 is 19.4 Å². The van der Waals surface area contributed by atoms with Crippen LogP contribution < -0.4 is 0 Å². The van der Waals surface area contributed by atoms with E-state index in [1.807, 2.05) is 13.8 Å². The Labute approximate surface area is 129 Å². The van der Waals surface area contributed by atoms with Gasteiger partial charge in [-0.15, -0.1) is 0 Å². The molecule has 0 aliphatic heterocycles. The second kappa shape index (κ2) is 7.27. The molecule has 0 radical (unpaired) electrons. The molecule has 0 aromatic heterocycles. The summed E-state index contributed by atoms with van der Waals surface area (Å²) in [6, 6.07) is 6.23. The maximum Gasteiger partial charge on any atom is 0.328 e. The summed E-state index contributed by atoms with van der Waals surface area (Å²) < 4.78 is 5.00. The predicted molar refractivity (Wildman–Crippen MR) is 81.4 cm³/mol. The molecule has 1 atom stereocenters. The van der Waals surface area contributed by atoms with Crippen LogP contribution in [-0.2, 0) is 19.7 Å². The number of aliphatic carboxylic acids is 1. The van der Waals surface area contributed by atoms with Gasteiger partial charge in [0, 0.05) is 5.02 Å². The molecule has 0 aliphatic rings. The zero-order valence-corrected chi connectivity index (χ0v) is 13.1. The zero-order valence-electron chi connectivity index (χ0n) is 12.4. The van der Waals surface area contributed by atoms with Gasteiger partial charge in [-0.1, -0.05) is 35.4 Å². The SMILES string of the molecule is CCOC(=O)C(CC=C(C)C)(C(=O)O)c1ccc(Cl)cc1. The van der Waals surface area contributed by atoms with Gasteiger partial charge < -0.3 is 9.84 Å². The van der Waals surface area contributed by atoms with Gasteiger partial charge in [-0.2, -0.15) is 0 Å². The largest absolute Gasteiger partial charge is 0.480 e. The third-order valence-electron chi connectivity index (χ3n) is 3.14. The van der Waals surface area contributed by atoms with Crippen LogP contribution >= 0.6 is 11.6 Å². The van der Waals surface area contributed by atoms with Gasteiger partial charge in [-0.05, 0) is 44.9 Å². The van der Waals surface area contributed by atoms with Crippen molar-refractivity contribution in [3.63, 3.8) is 0 Å². The van der Waals surface area contributed by atoms with Crippen LogP contribution in [-0.4, -0.2) is 23.7 Å². The molecule has 0 saturated carbocycles. The number of benzene rings is 1. The van der Waals surface area contributed by atoms with E-state index in [1.54, 1.807) is 37.3 Å². The van der Waals surface area contributed by atoms with Crippen molar-refractivity contribution in [2.45, 2.75) is 32.6 Å². The Morgan fingerprint density at radius 2 is 1.86 bits per heavy atom. The highest BCUT2D eigenvalue weighted by Gasteiger charge is 2.48. The van der Waals surface area contributed by atoms with Gasteiger partial charge in [0.25, 0.3) is 0 Å². The number of allylic oxidation sites excluding steroid dienone is 2. The van der Waals surface area contributed by atoms with Crippen molar-refractivity contribution in [3.05, 3.63) is 46.5 Å². The first-order valence-electron chi connectivity index (χ1n) is 6.64. The van der Waals surface area contributed by atoms with Gasteiger partial charge in [-0.3, -0.25) is 9.59 Å². The average Bonchev–Trinajstić information content (AvgIpc) is 2.41. The lowest BCUT2D eigenvalue weighted by Crippen LogP contribution is -2.44. The highest BCUT2D eigenvalue weighted by Crippen LogP contribution is 2.32. The van der Waals surface area contributed by atoms with Crippen molar-refractivity contribution in [2.75, 3.05) is 6.61 Å². The molecule has 0 heterocycles. The summed E-state index contributed by atoms with van der Waals surface area (Å²) in [7, 11) is 0. The van der Waals surface area contributed by atoms with Crippen molar-refractivity contribution in [1.82, 2.24) is 0 Å². The Kier molecular flexibility index (Phi) is 5.97. The van der Waals surface area contributed by atoms with Gasteiger partial charge in [-0.25, -0.2) is 0 Å². The molecule has 0 saturated heterocycles. The van der Waals surface area contributed by atoms with Crippen molar-refractivity contribution >= 4 is 23.5 Å². The molecule has 1 aromatic rings. The highest BCUT2D eigenvalue weighted by atomic mass is 35.5. The smallest absolute Gasteiger partial charge is 0.328 e. The molecule has 0 bridgehead atoms. The van der Waals surface area contributed by atoms with Crippen LogP contribution in [0.3, 0.4) is 0 Å². The highest BCUT2D eigenvalue weighted by molar-refractivity contribution is 6.30. The van der Waals surface area contributed by atoms with E-state index in [1.165, 1.54) is 0 Å². The molecular formula is C16H19ClO4. The first-order valence-corrected chi connectivity index (χ1v) is 7.02. The normalized spacial score (nSPS) is 13.1. The topological polar surface area (TPSA) is 63.6 Å². The number of rotatable bonds is 6. The molecule has 5 heteroatoms. The number of carboxylic acids is 1. The minimum atomic E-state index is -1.75. The molecule has 0 amide bonds. The van der Waals surface area contributed by atoms with Crippen LogP contribution in [0.1, 0.15) is 32.8 Å². The van der Waals surface area contributed by atoms with Crippen LogP contribution in [0.15, 0.2) is 35.9 Å². The number of carboxylic acid groups (broad SMARTS) is 1. The Morgan fingerprint density at radius 3 is 2.29 bits per heavy atom. The fourth-order valence-electron chi connectivity index (χ4n) is 1.96. The van der Waals surface area contributed by atoms with Gasteiger partial charge in [0.1, 0.15) is 0 Å². The first-order chi connectivity index (χ1) is 9.84. The van der Waals surface area contributed by atoms with Crippen LogP contribution in [0, 0.1) is 0 Å². The number of carbonyl (C=O) groups is 2. The van der Waals surface area contributed by atoms with Crippen molar-refractivity contribution in [3.8, 4) is 0 Å². The van der Waals surface area contributed by atoms with Gasteiger partial charge in [0.15, 0.2) is 5.41 Å². The van der Waals surface area contributed by atoms with Crippen LogP contribution in [0.5, 0.6) is 0 Å². The Bertz CT molecular complexity index is 544. The number of hydrogen-bond donors (Lipinski definition) is 1. The molecule has 4 nitrogen and oxygen atoms in total. The second-order valence-corrected chi connectivity index (χ2v) is 5.36. The van der Waals surface area contributed by atoms with E-state index >= 15 is 0 Å². The van der Waals surface area contributed by atoms with Crippen molar-refractivity contribution in [1.29, 1.82) is 0 Å². The Hall–Kier alpha value is -1.81. The molecule has 1 aromatic carbocycles. The Balaban J connectivity index is 3.42. The summed E-state index contributed by atoms with van der Waals surface area (Å²) in [6.45, 7) is 5.46. The van der Waals surface area contributed by atoms with Gasteiger partial charge >= 0.3 is 11.9 Å². The Morgan fingerprint density at radius 1 is 1.29 bits per heavy atom. The zero-order chi connectivity index (χ0) is 16.0. The minimum Gasteiger partial charge on any atom is -0.480 e. The fourth-order valence-corrected chi connectivity index (χ4v) is 2.09. The lowest BCUT2D eigenvalue weighted by Gasteiger charge is -2.26. The molecule has 21 heavy (non-hydrogen) atoms. The summed E-state index contributed by atoms with van der Waals surface area (Å²) >= 11 is 5.83. The molecular weight excluding hydrogens is 292 g/mol. The van der Waals surface area contributed by atoms with Gasteiger partial charge in [0.2, 0.25) is 0 Å².